The first-order valence-electron chi connectivity index (χ1n) is 13.0. The largest absolute Gasteiger partial charge is 0.396 e. The molecular weight excluding hydrogens is 388 g/mol. The highest BCUT2D eigenvalue weighted by atomic mass is 16.6. The van der Waals surface area contributed by atoms with Gasteiger partial charge in [0.1, 0.15) is 0 Å². The van der Waals surface area contributed by atoms with Crippen LogP contribution in [0.4, 0.5) is 0 Å². The molecule has 1 heterocycles. The molecule has 4 heteroatoms. The van der Waals surface area contributed by atoms with Crippen molar-refractivity contribution in [3.05, 3.63) is 11.6 Å². The van der Waals surface area contributed by atoms with Crippen molar-refractivity contribution in [2.24, 2.45) is 46.3 Å². The molecule has 1 saturated heterocycles. The van der Waals surface area contributed by atoms with Gasteiger partial charge in [-0.25, -0.2) is 0 Å². The van der Waals surface area contributed by atoms with Crippen LogP contribution in [-0.4, -0.2) is 39.9 Å². The van der Waals surface area contributed by atoms with Crippen LogP contribution in [0.25, 0.3) is 0 Å². The van der Waals surface area contributed by atoms with Crippen molar-refractivity contribution < 1.29 is 20.1 Å². The van der Waals surface area contributed by atoms with Crippen molar-refractivity contribution in [1.29, 1.82) is 0 Å². The van der Waals surface area contributed by atoms with Gasteiger partial charge in [-0.05, 0) is 91.8 Å². The third-order valence-electron chi connectivity index (χ3n) is 11.1. The van der Waals surface area contributed by atoms with Gasteiger partial charge in [0.25, 0.3) is 0 Å². The van der Waals surface area contributed by atoms with Gasteiger partial charge in [-0.1, -0.05) is 39.3 Å². The molecule has 4 aliphatic carbocycles. The van der Waals surface area contributed by atoms with Gasteiger partial charge in [0, 0.05) is 18.9 Å². The second-order valence-electron chi connectivity index (χ2n) is 12.6. The van der Waals surface area contributed by atoms with E-state index in [0.29, 0.717) is 24.2 Å². The zero-order chi connectivity index (χ0) is 22.2. The molecule has 0 aromatic heterocycles. The smallest absolute Gasteiger partial charge is 0.168 e. The summed E-state index contributed by atoms with van der Waals surface area (Å²) in [5, 5.41) is 31.1. The van der Waals surface area contributed by atoms with Crippen molar-refractivity contribution in [1.82, 2.24) is 0 Å². The predicted molar refractivity (Wildman–Crippen MR) is 121 cm³/mol. The maximum Gasteiger partial charge on any atom is 0.168 e. The summed E-state index contributed by atoms with van der Waals surface area (Å²) >= 11 is 0. The molecule has 31 heavy (non-hydrogen) atoms. The first kappa shape index (κ1) is 22.4. The lowest BCUT2D eigenvalue weighted by molar-refractivity contribution is -0.220. The van der Waals surface area contributed by atoms with E-state index >= 15 is 0 Å². The van der Waals surface area contributed by atoms with Crippen LogP contribution >= 0.6 is 0 Å². The molecule has 4 fully saturated rings. The van der Waals surface area contributed by atoms with Crippen LogP contribution in [0, 0.1) is 46.3 Å². The first-order chi connectivity index (χ1) is 14.6. The van der Waals surface area contributed by atoms with Gasteiger partial charge in [-0.3, -0.25) is 0 Å². The number of aliphatic hydroxyl groups excluding tert-OH is 2. The number of hydrogen-bond donors (Lipinski definition) is 3. The lowest BCUT2D eigenvalue weighted by Crippen LogP contribution is -2.51. The first-order valence-corrected chi connectivity index (χ1v) is 13.0. The fourth-order valence-corrected chi connectivity index (χ4v) is 9.16. The van der Waals surface area contributed by atoms with E-state index in [9.17, 15) is 15.3 Å². The Labute approximate surface area is 188 Å². The molecule has 0 aromatic carbocycles. The lowest BCUT2D eigenvalue weighted by Gasteiger charge is -2.58. The van der Waals surface area contributed by atoms with E-state index in [1.807, 2.05) is 6.92 Å². The van der Waals surface area contributed by atoms with E-state index in [0.717, 1.165) is 44.4 Å². The van der Waals surface area contributed by atoms with E-state index in [2.05, 4.69) is 26.8 Å². The van der Waals surface area contributed by atoms with Crippen LogP contribution in [0.2, 0.25) is 0 Å². The summed E-state index contributed by atoms with van der Waals surface area (Å²) in [6.45, 7) is 9.42. The molecule has 0 radical (unpaired) electrons. The van der Waals surface area contributed by atoms with E-state index in [4.69, 9.17) is 4.74 Å². The van der Waals surface area contributed by atoms with E-state index in [1.165, 1.54) is 18.4 Å². The number of aliphatic hydroxyl groups is 3. The summed E-state index contributed by atoms with van der Waals surface area (Å²) in [5.41, 5.74) is 2.05. The van der Waals surface area contributed by atoms with Gasteiger partial charge < -0.3 is 20.1 Å². The summed E-state index contributed by atoms with van der Waals surface area (Å²) in [7, 11) is 0. The molecule has 1 aliphatic heterocycles. The topological polar surface area (TPSA) is 69.9 Å². The highest BCUT2D eigenvalue weighted by molar-refractivity contribution is 5.26. The van der Waals surface area contributed by atoms with Crippen molar-refractivity contribution >= 4 is 0 Å². The second-order valence-corrected chi connectivity index (χ2v) is 12.6. The summed E-state index contributed by atoms with van der Waals surface area (Å²) in [6.07, 6.45) is 11.7. The fraction of sp³-hybridized carbons (Fsp3) is 0.926. The molecule has 2 unspecified atom stereocenters. The Morgan fingerprint density at radius 1 is 1.19 bits per heavy atom. The Hall–Kier alpha value is -0.420. The molecule has 5 aliphatic rings. The molecule has 5 rings (SSSR count). The molecular formula is C27H44O4. The molecule has 0 aromatic rings. The second kappa shape index (κ2) is 7.55. The summed E-state index contributed by atoms with van der Waals surface area (Å²) in [5.74, 6) is 1.87. The highest BCUT2D eigenvalue weighted by Crippen LogP contribution is 2.70. The fourth-order valence-electron chi connectivity index (χ4n) is 9.16. The zero-order valence-corrected chi connectivity index (χ0v) is 20.0. The standard InChI is InChI=1S/C27H44O4/c1-16(15-28)7-12-27(30)17(2)24-23(31-27)14-22-20-6-5-18-13-19(29)8-10-25(18,3)21(20)9-11-26(22,24)4/h5,16-17,19-24,28-30H,6-15H2,1-4H3/t16?,17-,19-,20+,21-,22-,23-,24-,25-,26-,27?/m0/s1. The van der Waals surface area contributed by atoms with Crippen LogP contribution in [0.15, 0.2) is 11.6 Å². The van der Waals surface area contributed by atoms with E-state index in [1.54, 1.807) is 0 Å². The van der Waals surface area contributed by atoms with Crippen LogP contribution < -0.4 is 0 Å². The van der Waals surface area contributed by atoms with E-state index in [-0.39, 0.29) is 41.5 Å². The van der Waals surface area contributed by atoms with Crippen LogP contribution in [0.3, 0.4) is 0 Å². The quantitative estimate of drug-likeness (QED) is 0.565. The van der Waals surface area contributed by atoms with E-state index < -0.39 is 5.79 Å². The molecule has 11 atom stereocenters. The molecule has 3 saturated carbocycles. The number of allylic oxidation sites excluding steroid dienone is 1. The normalized spacial score (nSPS) is 54.4. The minimum absolute atomic E-state index is 0.143. The maximum atomic E-state index is 11.4. The number of fused-ring (bicyclic) bond motifs is 7. The Balaban J connectivity index is 1.37. The molecule has 4 nitrogen and oxygen atoms in total. The van der Waals surface area contributed by atoms with Gasteiger partial charge in [-0.15, -0.1) is 0 Å². The maximum absolute atomic E-state index is 11.4. The number of ether oxygens (including phenoxy) is 1. The number of hydrogen-bond acceptors (Lipinski definition) is 4. The molecule has 3 N–H and O–H groups in total. The Morgan fingerprint density at radius 3 is 2.71 bits per heavy atom. The Kier molecular flexibility index (Phi) is 5.45. The van der Waals surface area contributed by atoms with Crippen molar-refractivity contribution in [2.45, 2.75) is 103 Å². The third-order valence-corrected chi connectivity index (χ3v) is 11.1. The SMILES string of the molecule is CC(CO)CCC1(O)O[C@H]2C[C@H]3[C@@H]4CC=C5C[C@@H](O)CC[C@]5(C)[C@H]4CC[C@]3(C)[C@H]2[C@@H]1C. The predicted octanol–water partition coefficient (Wildman–Crippen LogP) is 4.67. The average molecular weight is 433 g/mol. The molecule has 0 bridgehead atoms. The van der Waals surface area contributed by atoms with Gasteiger partial charge in [0.2, 0.25) is 0 Å². The summed E-state index contributed by atoms with van der Waals surface area (Å²) in [6, 6.07) is 0. The van der Waals surface area contributed by atoms with Gasteiger partial charge in [0.15, 0.2) is 5.79 Å². The minimum atomic E-state index is -1.03. The number of rotatable bonds is 4. The van der Waals surface area contributed by atoms with Gasteiger partial charge in [0.05, 0.1) is 12.2 Å². The highest BCUT2D eigenvalue weighted by Gasteiger charge is 2.67. The van der Waals surface area contributed by atoms with Crippen LogP contribution in [-0.2, 0) is 4.74 Å². The Morgan fingerprint density at radius 2 is 1.97 bits per heavy atom. The van der Waals surface area contributed by atoms with Crippen molar-refractivity contribution in [3.63, 3.8) is 0 Å². The molecule has 0 amide bonds. The third kappa shape index (κ3) is 3.22. The van der Waals surface area contributed by atoms with Crippen LogP contribution in [0.5, 0.6) is 0 Å². The van der Waals surface area contributed by atoms with Crippen LogP contribution in [0.1, 0.15) is 85.5 Å². The average Bonchev–Trinajstić information content (AvgIpc) is 3.17. The lowest BCUT2D eigenvalue weighted by atomic mass is 9.47. The van der Waals surface area contributed by atoms with Crippen molar-refractivity contribution in [2.75, 3.05) is 6.61 Å². The van der Waals surface area contributed by atoms with Crippen molar-refractivity contribution in [3.8, 4) is 0 Å². The van der Waals surface area contributed by atoms with Gasteiger partial charge >= 0.3 is 0 Å². The summed E-state index contributed by atoms with van der Waals surface area (Å²) < 4.78 is 6.49. The monoisotopic (exact) mass is 432 g/mol. The van der Waals surface area contributed by atoms with Gasteiger partial charge in [-0.2, -0.15) is 0 Å². The molecule has 176 valence electrons. The zero-order valence-electron chi connectivity index (χ0n) is 20.0. The molecule has 0 spiro atoms. The summed E-state index contributed by atoms with van der Waals surface area (Å²) in [4.78, 5) is 0. The minimum Gasteiger partial charge on any atom is -0.396 e. The Bertz CT molecular complexity index is 735.